The summed E-state index contributed by atoms with van der Waals surface area (Å²) in [6.45, 7) is -0.359. The number of benzene rings is 3. The van der Waals surface area contributed by atoms with Gasteiger partial charge in [-0.3, -0.25) is 9.10 Å². The van der Waals surface area contributed by atoms with Crippen molar-refractivity contribution in [1.29, 1.82) is 0 Å². The van der Waals surface area contributed by atoms with Gasteiger partial charge in [-0.2, -0.15) is 0 Å². The summed E-state index contributed by atoms with van der Waals surface area (Å²) in [5.74, 6) is -0.450. The Morgan fingerprint density at radius 2 is 1.64 bits per heavy atom. The summed E-state index contributed by atoms with van der Waals surface area (Å²) in [6.07, 6.45) is 1.05. The first-order valence-corrected chi connectivity index (χ1v) is 10.7. The van der Waals surface area contributed by atoms with Gasteiger partial charge in [-0.1, -0.05) is 66.2 Å². The largest absolute Gasteiger partial charge is 0.324 e. The molecule has 7 heteroatoms. The molecule has 0 bridgehead atoms. The zero-order valence-corrected chi connectivity index (χ0v) is 16.7. The van der Waals surface area contributed by atoms with Gasteiger partial charge in [0.05, 0.1) is 11.9 Å². The fourth-order valence-corrected chi connectivity index (χ4v) is 3.85. The number of hydrogen-bond acceptors (Lipinski definition) is 3. The van der Waals surface area contributed by atoms with Crippen LogP contribution in [0.1, 0.15) is 0 Å². The molecule has 5 nitrogen and oxygen atoms in total. The predicted octanol–water partition coefficient (Wildman–Crippen LogP) is 4.41. The van der Waals surface area contributed by atoms with Crippen molar-refractivity contribution in [1.82, 2.24) is 0 Å². The first kappa shape index (κ1) is 19.9. The molecule has 0 heterocycles. The highest BCUT2D eigenvalue weighted by Crippen LogP contribution is 2.28. The third-order valence-electron chi connectivity index (χ3n) is 4.07. The minimum atomic E-state index is -3.67. The minimum absolute atomic E-state index is 0.335. The maximum Gasteiger partial charge on any atom is 0.245 e. The zero-order chi connectivity index (χ0) is 20.1. The van der Waals surface area contributed by atoms with E-state index in [0.717, 1.165) is 21.7 Å². The molecular weight excluding hydrogens is 396 g/mol. The first-order chi connectivity index (χ1) is 13.3. The Kier molecular flexibility index (Phi) is 6.02. The van der Waals surface area contributed by atoms with Crippen LogP contribution < -0.4 is 9.62 Å². The van der Waals surface area contributed by atoms with E-state index in [0.29, 0.717) is 16.4 Å². The Morgan fingerprint density at radius 1 is 0.964 bits per heavy atom. The molecular formula is C21H19ClN2O3S. The Morgan fingerprint density at radius 3 is 2.32 bits per heavy atom. The number of para-hydroxylation sites is 1. The van der Waals surface area contributed by atoms with Gasteiger partial charge in [0.1, 0.15) is 6.54 Å². The average molecular weight is 415 g/mol. The number of sulfonamides is 1. The molecule has 0 aromatic heterocycles. The van der Waals surface area contributed by atoms with E-state index >= 15 is 0 Å². The minimum Gasteiger partial charge on any atom is -0.324 e. The van der Waals surface area contributed by atoms with E-state index in [-0.39, 0.29) is 6.54 Å². The Labute approximate surface area is 169 Å². The van der Waals surface area contributed by atoms with Crippen LogP contribution in [0.25, 0.3) is 11.1 Å². The fourth-order valence-electron chi connectivity index (χ4n) is 2.81. The summed E-state index contributed by atoms with van der Waals surface area (Å²) >= 11 is 5.97. The van der Waals surface area contributed by atoms with E-state index < -0.39 is 15.9 Å². The lowest BCUT2D eigenvalue weighted by Crippen LogP contribution is -2.37. The number of carbonyl (C=O) groups excluding carboxylic acids is 1. The number of nitrogens with one attached hydrogen (secondary N) is 1. The number of rotatable bonds is 6. The van der Waals surface area contributed by atoms with E-state index in [9.17, 15) is 13.2 Å². The van der Waals surface area contributed by atoms with Gasteiger partial charge in [0.15, 0.2) is 0 Å². The van der Waals surface area contributed by atoms with Crippen LogP contribution in [-0.2, 0) is 14.8 Å². The van der Waals surface area contributed by atoms with Crippen LogP contribution in [0.2, 0.25) is 5.02 Å². The van der Waals surface area contributed by atoms with E-state index in [1.54, 1.807) is 24.3 Å². The second-order valence-corrected chi connectivity index (χ2v) is 8.55. The monoisotopic (exact) mass is 414 g/mol. The van der Waals surface area contributed by atoms with Crippen molar-refractivity contribution in [2.24, 2.45) is 0 Å². The van der Waals surface area contributed by atoms with Gasteiger partial charge in [0.25, 0.3) is 0 Å². The summed E-state index contributed by atoms with van der Waals surface area (Å²) in [6, 6.07) is 23.4. The Balaban J connectivity index is 1.85. The van der Waals surface area contributed by atoms with Crippen LogP contribution in [0.15, 0.2) is 78.9 Å². The van der Waals surface area contributed by atoms with Crippen LogP contribution in [0.3, 0.4) is 0 Å². The zero-order valence-electron chi connectivity index (χ0n) is 15.2. The third-order valence-corrected chi connectivity index (χ3v) is 5.45. The summed E-state index contributed by atoms with van der Waals surface area (Å²) in [5, 5.41) is 3.21. The van der Waals surface area contributed by atoms with Crippen LogP contribution in [0.5, 0.6) is 0 Å². The summed E-state index contributed by atoms with van der Waals surface area (Å²) in [4.78, 5) is 12.7. The summed E-state index contributed by atoms with van der Waals surface area (Å²) in [5.41, 5.74) is 2.75. The number of nitrogens with zero attached hydrogens (tertiary/aromatic N) is 1. The van der Waals surface area contributed by atoms with E-state index in [4.69, 9.17) is 11.6 Å². The van der Waals surface area contributed by atoms with E-state index in [1.165, 1.54) is 6.07 Å². The molecule has 1 N–H and O–H groups in total. The molecule has 0 aliphatic heterocycles. The molecule has 3 rings (SSSR count). The maximum atomic E-state index is 12.7. The van der Waals surface area contributed by atoms with Gasteiger partial charge >= 0.3 is 0 Å². The van der Waals surface area contributed by atoms with Crippen LogP contribution in [-0.4, -0.2) is 27.1 Å². The Bertz CT molecular complexity index is 1090. The van der Waals surface area contributed by atoms with Crippen LogP contribution >= 0.6 is 11.6 Å². The van der Waals surface area contributed by atoms with Crippen molar-refractivity contribution in [2.45, 2.75) is 0 Å². The molecule has 3 aromatic carbocycles. The van der Waals surface area contributed by atoms with Crippen molar-refractivity contribution >= 4 is 38.9 Å². The van der Waals surface area contributed by atoms with Crippen molar-refractivity contribution in [2.75, 3.05) is 22.4 Å². The van der Waals surface area contributed by atoms with Gasteiger partial charge in [-0.25, -0.2) is 8.42 Å². The molecule has 0 saturated carbocycles. The molecule has 28 heavy (non-hydrogen) atoms. The molecule has 0 aliphatic carbocycles. The SMILES string of the molecule is CS(=O)(=O)N(CC(=O)Nc1ccccc1-c1ccccc1)c1cccc(Cl)c1. The lowest BCUT2D eigenvalue weighted by Gasteiger charge is -2.22. The summed E-state index contributed by atoms with van der Waals surface area (Å²) in [7, 11) is -3.67. The van der Waals surface area contributed by atoms with E-state index in [2.05, 4.69) is 5.32 Å². The summed E-state index contributed by atoms with van der Waals surface area (Å²) < 4.78 is 25.5. The Hall–Kier alpha value is -2.83. The van der Waals surface area contributed by atoms with Crippen LogP contribution in [0, 0.1) is 0 Å². The normalized spacial score (nSPS) is 11.1. The molecule has 0 radical (unpaired) electrons. The quantitative estimate of drug-likeness (QED) is 0.649. The van der Waals surface area contributed by atoms with Gasteiger partial charge < -0.3 is 5.32 Å². The molecule has 0 fully saturated rings. The smallest absolute Gasteiger partial charge is 0.245 e. The molecule has 0 saturated heterocycles. The number of halogens is 1. The van der Waals surface area contributed by atoms with Gasteiger partial charge in [-0.15, -0.1) is 0 Å². The highest BCUT2D eigenvalue weighted by molar-refractivity contribution is 7.92. The standard InChI is InChI=1S/C21H19ClN2O3S/c1-28(26,27)24(18-11-7-10-17(22)14-18)15-21(25)23-20-13-6-5-12-19(20)16-8-3-2-4-9-16/h2-14H,15H2,1H3,(H,23,25). The highest BCUT2D eigenvalue weighted by atomic mass is 35.5. The lowest BCUT2D eigenvalue weighted by molar-refractivity contribution is -0.114. The average Bonchev–Trinajstić information content (AvgIpc) is 2.66. The number of hydrogen-bond donors (Lipinski definition) is 1. The first-order valence-electron chi connectivity index (χ1n) is 8.52. The second kappa shape index (κ2) is 8.46. The van der Waals surface area contributed by atoms with Gasteiger partial charge in [-0.05, 0) is 29.8 Å². The van der Waals surface area contributed by atoms with Crippen molar-refractivity contribution in [3.05, 3.63) is 83.9 Å². The topological polar surface area (TPSA) is 66.5 Å². The van der Waals surface area contributed by atoms with Gasteiger partial charge in [0, 0.05) is 16.3 Å². The van der Waals surface area contributed by atoms with Crippen molar-refractivity contribution < 1.29 is 13.2 Å². The molecule has 0 spiro atoms. The third kappa shape index (κ3) is 4.91. The number of amides is 1. The second-order valence-electron chi connectivity index (χ2n) is 6.21. The van der Waals surface area contributed by atoms with E-state index in [1.807, 2.05) is 48.5 Å². The maximum absolute atomic E-state index is 12.7. The molecule has 1 amide bonds. The van der Waals surface area contributed by atoms with Crippen LogP contribution in [0.4, 0.5) is 11.4 Å². The van der Waals surface area contributed by atoms with Crippen molar-refractivity contribution in [3.63, 3.8) is 0 Å². The number of anilines is 2. The molecule has 3 aromatic rings. The van der Waals surface area contributed by atoms with Crippen molar-refractivity contribution in [3.8, 4) is 11.1 Å². The molecule has 0 atom stereocenters. The predicted molar refractivity (Wildman–Crippen MR) is 114 cm³/mol. The fraction of sp³-hybridized carbons (Fsp3) is 0.0952. The molecule has 144 valence electrons. The molecule has 0 unspecified atom stereocenters. The number of carbonyl (C=O) groups is 1. The lowest BCUT2D eigenvalue weighted by atomic mass is 10.0. The molecule has 0 aliphatic rings. The highest BCUT2D eigenvalue weighted by Gasteiger charge is 2.21. The van der Waals surface area contributed by atoms with Gasteiger partial charge in [0.2, 0.25) is 15.9 Å².